The molecule has 0 aliphatic heterocycles. The van der Waals surface area contributed by atoms with Gasteiger partial charge in [0.15, 0.2) is 0 Å². The Bertz CT molecular complexity index is 682. The van der Waals surface area contributed by atoms with Crippen molar-refractivity contribution in [2.75, 3.05) is 0 Å². The molecular formula is C22H33N3O4. The van der Waals surface area contributed by atoms with Crippen molar-refractivity contribution in [3.63, 3.8) is 0 Å². The monoisotopic (exact) mass is 403 g/mol. The van der Waals surface area contributed by atoms with Gasteiger partial charge >= 0.3 is 5.97 Å². The second-order valence-electron chi connectivity index (χ2n) is 8.54. The second-order valence-corrected chi connectivity index (χ2v) is 8.54. The predicted molar refractivity (Wildman–Crippen MR) is 108 cm³/mol. The number of carboxylic acid groups (broad SMARTS) is 1. The topological polar surface area (TPSA) is 112 Å². The van der Waals surface area contributed by atoms with Gasteiger partial charge in [0, 0.05) is 24.9 Å². The van der Waals surface area contributed by atoms with Crippen LogP contribution in [0.4, 0.5) is 0 Å². The summed E-state index contributed by atoms with van der Waals surface area (Å²) in [6, 6.07) is 3.80. The summed E-state index contributed by atoms with van der Waals surface area (Å²) >= 11 is 0. The number of pyridine rings is 1. The van der Waals surface area contributed by atoms with Crippen LogP contribution in [0.25, 0.3) is 0 Å². The van der Waals surface area contributed by atoms with Crippen molar-refractivity contribution in [2.45, 2.75) is 82.7 Å². The molecular weight excluding hydrogens is 370 g/mol. The van der Waals surface area contributed by atoms with Gasteiger partial charge in [0.05, 0.1) is 0 Å². The molecule has 29 heavy (non-hydrogen) atoms. The van der Waals surface area contributed by atoms with E-state index in [4.69, 9.17) is 5.21 Å². The van der Waals surface area contributed by atoms with Crippen LogP contribution in [0, 0.1) is 11.8 Å². The Kier molecular flexibility index (Phi) is 7.61. The zero-order valence-electron chi connectivity index (χ0n) is 17.0. The lowest BCUT2D eigenvalue weighted by molar-refractivity contribution is -0.152. The highest BCUT2D eigenvalue weighted by atomic mass is 16.5. The predicted octanol–water partition coefficient (Wildman–Crippen LogP) is 3.20. The third-order valence-electron chi connectivity index (χ3n) is 6.81. The number of nitrogens with one attached hydrogen (secondary N) is 2. The molecule has 160 valence electrons. The van der Waals surface area contributed by atoms with Crippen LogP contribution in [0.2, 0.25) is 0 Å². The number of rotatable bonds is 9. The molecule has 0 radical (unpaired) electrons. The van der Waals surface area contributed by atoms with E-state index in [0.717, 1.165) is 62.6 Å². The van der Waals surface area contributed by atoms with Gasteiger partial charge in [-0.3, -0.25) is 25.1 Å². The first-order valence-electron chi connectivity index (χ1n) is 10.9. The van der Waals surface area contributed by atoms with Crippen molar-refractivity contribution in [1.82, 2.24) is 15.8 Å². The molecule has 2 aliphatic carbocycles. The molecule has 3 rings (SSSR count). The fourth-order valence-electron chi connectivity index (χ4n) is 5.24. The van der Waals surface area contributed by atoms with Crippen molar-refractivity contribution < 1.29 is 19.9 Å². The van der Waals surface area contributed by atoms with Crippen LogP contribution in [0.1, 0.15) is 75.5 Å². The van der Waals surface area contributed by atoms with E-state index in [1.54, 1.807) is 11.7 Å². The zero-order valence-corrected chi connectivity index (χ0v) is 17.0. The summed E-state index contributed by atoms with van der Waals surface area (Å²) in [6.07, 6.45) is 12.0. The smallest absolute Gasteiger partial charge is 0.324 e. The first-order valence-corrected chi connectivity index (χ1v) is 10.9. The van der Waals surface area contributed by atoms with E-state index in [1.807, 2.05) is 12.1 Å². The first kappa shape index (κ1) is 21.7. The lowest BCUT2D eigenvalue weighted by atomic mass is 9.67. The van der Waals surface area contributed by atoms with Crippen LogP contribution in [-0.4, -0.2) is 32.7 Å². The number of carbonyl (C=O) groups excluding carboxylic acids is 1. The highest BCUT2D eigenvalue weighted by Gasteiger charge is 2.51. The van der Waals surface area contributed by atoms with E-state index in [9.17, 15) is 14.7 Å². The normalized spacial score (nSPS) is 20.3. The van der Waals surface area contributed by atoms with Crippen LogP contribution in [0.15, 0.2) is 18.3 Å². The number of aliphatic carboxylic acids is 1. The molecule has 0 aromatic carbocycles. The minimum atomic E-state index is -0.852. The molecule has 1 aromatic rings. The van der Waals surface area contributed by atoms with Gasteiger partial charge in [0.1, 0.15) is 5.54 Å². The van der Waals surface area contributed by atoms with Crippen molar-refractivity contribution in [3.05, 3.63) is 29.6 Å². The summed E-state index contributed by atoms with van der Waals surface area (Å²) in [7, 11) is 0. The average Bonchev–Trinajstić information content (AvgIpc) is 3.29. The standard InChI is InChI=1S/C22H33N3O4/c26-20(25-29)13-12-19-11-10-16(14-23-19)15-24-22(21(27)28,18-8-4-5-9-18)17-6-2-1-3-7-17/h10-11,14,17-18,24,29H,1-9,12-13,15H2,(H,25,26)(H,27,28)/t22-/m1/s1. The Hall–Kier alpha value is -1.99. The highest BCUT2D eigenvalue weighted by Crippen LogP contribution is 2.44. The van der Waals surface area contributed by atoms with Crippen LogP contribution in [0.3, 0.4) is 0 Å². The molecule has 2 aliphatic rings. The van der Waals surface area contributed by atoms with Gasteiger partial charge in [0.25, 0.3) is 0 Å². The molecule has 1 heterocycles. The maximum absolute atomic E-state index is 12.6. The van der Waals surface area contributed by atoms with E-state index in [-0.39, 0.29) is 18.3 Å². The van der Waals surface area contributed by atoms with Crippen molar-refractivity contribution in [2.24, 2.45) is 11.8 Å². The third kappa shape index (κ3) is 5.14. The molecule has 4 N–H and O–H groups in total. The molecule has 1 aromatic heterocycles. The molecule has 1 amide bonds. The van der Waals surface area contributed by atoms with E-state index in [1.165, 1.54) is 6.42 Å². The van der Waals surface area contributed by atoms with Gasteiger partial charge in [-0.25, -0.2) is 5.48 Å². The lowest BCUT2D eigenvalue weighted by Crippen LogP contribution is -2.62. The molecule has 2 fully saturated rings. The number of aromatic nitrogens is 1. The van der Waals surface area contributed by atoms with Crippen LogP contribution < -0.4 is 10.8 Å². The molecule has 0 spiro atoms. The molecule has 0 bridgehead atoms. The summed E-state index contributed by atoms with van der Waals surface area (Å²) in [6.45, 7) is 0.476. The van der Waals surface area contributed by atoms with Crippen LogP contribution >= 0.6 is 0 Å². The summed E-state index contributed by atoms with van der Waals surface area (Å²) in [4.78, 5) is 28.2. The minimum Gasteiger partial charge on any atom is -0.480 e. The van der Waals surface area contributed by atoms with E-state index in [0.29, 0.717) is 13.0 Å². The lowest BCUT2D eigenvalue weighted by Gasteiger charge is -2.44. The molecule has 7 heteroatoms. The molecule has 7 nitrogen and oxygen atoms in total. The Labute approximate surface area is 172 Å². The number of hydrogen-bond donors (Lipinski definition) is 4. The summed E-state index contributed by atoms with van der Waals surface area (Å²) in [5.74, 6) is -0.767. The van der Waals surface area contributed by atoms with Gasteiger partial charge in [-0.05, 0) is 55.6 Å². The fourth-order valence-corrected chi connectivity index (χ4v) is 5.24. The largest absolute Gasteiger partial charge is 0.480 e. The Morgan fingerprint density at radius 3 is 2.17 bits per heavy atom. The van der Waals surface area contributed by atoms with Crippen LogP contribution in [-0.2, 0) is 22.6 Å². The van der Waals surface area contributed by atoms with Crippen LogP contribution in [0.5, 0.6) is 0 Å². The SMILES string of the molecule is O=C(CCc1ccc(CN[C@](C(=O)O)(C2CCCCC2)C2CCCC2)cn1)NO. The first-order chi connectivity index (χ1) is 14.1. The van der Waals surface area contributed by atoms with Gasteiger partial charge in [-0.15, -0.1) is 0 Å². The Morgan fingerprint density at radius 1 is 1.03 bits per heavy atom. The molecule has 1 atom stereocenters. The number of nitrogens with zero attached hydrogens (tertiary/aromatic N) is 1. The quantitative estimate of drug-likeness (QED) is 0.372. The number of amides is 1. The molecule has 2 saturated carbocycles. The van der Waals surface area contributed by atoms with E-state index >= 15 is 0 Å². The number of carbonyl (C=O) groups is 2. The second kappa shape index (κ2) is 10.2. The molecule has 0 unspecified atom stereocenters. The number of hydroxylamine groups is 1. The Balaban J connectivity index is 1.70. The average molecular weight is 404 g/mol. The zero-order chi connectivity index (χ0) is 20.7. The third-order valence-corrected chi connectivity index (χ3v) is 6.81. The van der Waals surface area contributed by atoms with E-state index < -0.39 is 17.4 Å². The number of aryl methyl sites for hydroxylation is 1. The maximum Gasteiger partial charge on any atom is 0.324 e. The summed E-state index contributed by atoms with van der Waals surface area (Å²) in [5.41, 5.74) is 2.48. The Morgan fingerprint density at radius 2 is 1.66 bits per heavy atom. The van der Waals surface area contributed by atoms with Crippen molar-refractivity contribution in [3.8, 4) is 0 Å². The number of carboxylic acids is 1. The number of hydrogen-bond acceptors (Lipinski definition) is 5. The maximum atomic E-state index is 12.6. The van der Waals surface area contributed by atoms with Crippen molar-refractivity contribution in [1.29, 1.82) is 0 Å². The minimum absolute atomic E-state index is 0.173. The highest BCUT2D eigenvalue weighted by molar-refractivity contribution is 5.80. The molecule has 0 saturated heterocycles. The van der Waals surface area contributed by atoms with Gasteiger partial charge in [0.2, 0.25) is 5.91 Å². The van der Waals surface area contributed by atoms with Gasteiger partial charge in [-0.2, -0.15) is 0 Å². The van der Waals surface area contributed by atoms with Gasteiger partial charge in [-0.1, -0.05) is 38.2 Å². The summed E-state index contributed by atoms with van der Waals surface area (Å²) in [5, 5.41) is 22.4. The fraction of sp³-hybridized carbons (Fsp3) is 0.682. The van der Waals surface area contributed by atoms with E-state index in [2.05, 4.69) is 10.3 Å². The van der Waals surface area contributed by atoms with Gasteiger partial charge < -0.3 is 5.11 Å². The summed E-state index contributed by atoms with van der Waals surface area (Å²) < 4.78 is 0. The van der Waals surface area contributed by atoms with Crippen molar-refractivity contribution >= 4 is 11.9 Å².